The molecule has 6 nitrogen and oxygen atoms in total. The second kappa shape index (κ2) is 14.8. The lowest BCUT2D eigenvalue weighted by Crippen LogP contribution is -2.40. The third kappa shape index (κ3) is 13.8. The van der Waals surface area contributed by atoms with Gasteiger partial charge in [0.05, 0.1) is 13.4 Å². The Morgan fingerprint density at radius 3 is 2.00 bits per heavy atom. The average Bonchev–Trinajstić information content (AvgIpc) is 2.49. The molecule has 22 heavy (non-hydrogen) atoms. The third-order valence-electron chi connectivity index (χ3n) is 3.57. The van der Waals surface area contributed by atoms with Gasteiger partial charge in [-0.3, -0.25) is 14.5 Å². The number of hydrogen-bond donors (Lipinski definition) is 3. The third-order valence-corrected chi connectivity index (χ3v) is 3.57. The molecule has 0 saturated carbocycles. The van der Waals surface area contributed by atoms with Gasteiger partial charge in [0.25, 0.3) is 0 Å². The fourth-order valence-corrected chi connectivity index (χ4v) is 2.23. The summed E-state index contributed by atoms with van der Waals surface area (Å²) in [6, 6.07) is 0. The van der Waals surface area contributed by atoms with Crippen LogP contribution in [0.1, 0.15) is 71.1 Å². The number of carboxylic acids is 1. The van der Waals surface area contributed by atoms with Gasteiger partial charge in [-0.1, -0.05) is 58.3 Å². The van der Waals surface area contributed by atoms with E-state index in [1.165, 1.54) is 49.8 Å². The number of aliphatic carboxylic acids is 1. The molecule has 0 unspecified atom stereocenters. The van der Waals surface area contributed by atoms with Crippen LogP contribution in [0.4, 0.5) is 0 Å². The molecule has 130 valence electrons. The Morgan fingerprint density at radius 1 is 0.955 bits per heavy atom. The topological polar surface area (TPSA) is 89.9 Å². The maximum atomic E-state index is 11.6. The Balaban J connectivity index is 3.44. The molecular formula is C16H32N2O4. The van der Waals surface area contributed by atoms with Crippen molar-refractivity contribution in [2.75, 3.05) is 19.9 Å². The van der Waals surface area contributed by atoms with Gasteiger partial charge in [-0.25, -0.2) is 0 Å². The highest BCUT2D eigenvalue weighted by Gasteiger charge is 2.09. The number of carboxylic acid groups (broad SMARTS) is 1. The van der Waals surface area contributed by atoms with Crippen LogP contribution in [0.2, 0.25) is 0 Å². The van der Waals surface area contributed by atoms with Crippen molar-refractivity contribution in [1.29, 1.82) is 0 Å². The molecule has 0 heterocycles. The number of rotatable bonds is 15. The lowest BCUT2D eigenvalue weighted by atomic mass is 10.1. The molecule has 6 heteroatoms. The van der Waals surface area contributed by atoms with E-state index in [0.717, 1.165) is 12.8 Å². The first kappa shape index (κ1) is 20.9. The highest BCUT2D eigenvalue weighted by atomic mass is 16.4. The zero-order valence-electron chi connectivity index (χ0n) is 13.9. The molecule has 0 aromatic rings. The summed E-state index contributed by atoms with van der Waals surface area (Å²) in [5.41, 5.74) is 0. The van der Waals surface area contributed by atoms with Crippen molar-refractivity contribution in [3.63, 3.8) is 0 Å². The van der Waals surface area contributed by atoms with E-state index in [0.29, 0.717) is 6.42 Å². The highest BCUT2D eigenvalue weighted by Crippen LogP contribution is 2.10. The number of aliphatic hydroxyl groups is 1. The summed E-state index contributed by atoms with van der Waals surface area (Å²) in [7, 11) is 0. The Morgan fingerprint density at radius 2 is 1.50 bits per heavy atom. The maximum absolute atomic E-state index is 11.6. The summed E-state index contributed by atoms with van der Waals surface area (Å²) < 4.78 is 0. The quantitative estimate of drug-likeness (QED) is 0.319. The Kier molecular flexibility index (Phi) is 14.0. The van der Waals surface area contributed by atoms with E-state index in [-0.39, 0.29) is 25.9 Å². The van der Waals surface area contributed by atoms with Gasteiger partial charge in [0, 0.05) is 6.42 Å². The van der Waals surface area contributed by atoms with Crippen molar-refractivity contribution in [3.8, 4) is 0 Å². The second-order valence-electron chi connectivity index (χ2n) is 5.70. The second-order valence-corrected chi connectivity index (χ2v) is 5.70. The van der Waals surface area contributed by atoms with Gasteiger partial charge >= 0.3 is 5.97 Å². The molecule has 0 saturated heterocycles. The number of nitrogens with zero attached hydrogens (tertiary/aromatic N) is 1. The van der Waals surface area contributed by atoms with E-state index in [1.54, 1.807) is 0 Å². The lowest BCUT2D eigenvalue weighted by Gasteiger charge is -2.17. The SMILES string of the molecule is CCCCCCCCCCCC(=O)NCN(CO)CC(=O)O. The fourth-order valence-electron chi connectivity index (χ4n) is 2.23. The van der Waals surface area contributed by atoms with E-state index in [1.807, 2.05) is 0 Å². The first-order valence-electron chi connectivity index (χ1n) is 8.41. The minimum Gasteiger partial charge on any atom is -0.480 e. The molecule has 0 aliphatic carbocycles. The molecule has 1 amide bonds. The summed E-state index contributed by atoms with van der Waals surface area (Å²) in [4.78, 5) is 23.3. The highest BCUT2D eigenvalue weighted by molar-refractivity contribution is 5.75. The number of amides is 1. The van der Waals surface area contributed by atoms with Crippen LogP contribution in [0.25, 0.3) is 0 Å². The predicted molar refractivity (Wildman–Crippen MR) is 86.3 cm³/mol. The standard InChI is InChI=1S/C16H32N2O4/c1-2-3-4-5-6-7-8-9-10-11-15(20)17-13-18(14-19)12-16(21)22/h19H,2-14H2,1H3,(H,17,20)(H,21,22). The molecule has 0 rings (SSSR count). The molecule has 0 radical (unpaired) electrons. The van der Waals surface area contributed by atoms with Crippen molar-refractivity contribution in [3.05, 3.63) is 0 Å². The van der Waals surface area contributed by atoms with Crippen molar-refractivity contribution in [1.82, 2.24) is 10.2 Å². The summed E-state index contributed by atoms with van der Waals surface area (Å²) in [6.07, 6.45) is 11.3. The van der Waals surface area contributed by atoms with Gasteiger partial charge in [-0.2, -0.15) is 0 Å². The van der Waals surface area contributed by atoms with Gasteiger partial charge in [0.2, 0.25) is 5.91 Å². The average molecular weight is 316 g/mol. The van der Waals surface area contributed by atoms with E-state index >= 15 is 0 Å². The molecule has 3 N–H and O–H groups in total. The summed E-state index contributed by atoms with van der Waals surface area (Å²) in [5, 5.41) is 20.2. The minimum absolute atomic E-state index is 0.0685. The van der Waals surface area contributed by atoms with Crippen LogP contribution in [0.3, 0.4) is 0 Å². The van der Waals surface area contributed by atoms with Crippen LogP contribution in [-0.2, 0) is 9.59 Å². The summed E-state index contributed by atoms with van der Waals surface area (Å²) in [6.45, 7) is 1.62. The van der Waals surface area contributed by atoms with Crippen molar-refractivity contribution in [2.45, 2.75) is 71.1 Å². The number of unbranched alkanes of at least 4 members (excludes halogenated alkanes) is 8. The Bertz CT molecular complexity index is 298. The number of carbonyl (C=O) groups excluding carboxylic acids is 1. The van der Waals surface area contributed by atoms with Crippen molar-refractivity contribution >= 4 is 11.9 Å². The molecule has 0 aromatic carbocycles. The first-order valence-corrected chi connectivity index (χ1v) is 8.41. The smallest absolute Gasteiger partial charge is 0.317 e. The van der Waals surface area contributed by atoms with Crippen LogP contribution in [0.5, 0.6) is 0 Å². The van der Waals surface area contributed by atoms with E-state index < -0.39 is 5.97 Å². The Labute approximate surface area is 133 Å². The molecular weight excluding hydrogens is 284 g/mol. The largest absolute Gasteiger partial charge is 0.480 e. The molecule has 0 aliphatic heterocycles. The van der Waals surface area contributed by atoms with Crippen LogP contribution in [0.15, 0.2) is 0 Å². The molecule has 0 atom stereocenters. The van der Waals surface area contributed by atoms with Gasteiger partial charge in [-0.05, 0) is 6.42 Å². The number of nitrogens with one attached hydrogen (secondary N) is 1. The normalized spacial score (nSPS) is 10.9. The molecule has 0 aromatic heterocycles. The van der Waals surface area contributed by atoms with E-state index in [9.17, 15) is 9.59 Å². The maximum Gasteiger partial charge on any atom is 0.317 e. The van der Waals surface area contributed by atoms with Crippen LogP contribution in [-0.4, -0.2) is 46.9 Å². The monoisotopic (exact) mass is 316 g/mol. The van der Waals surface area contributed by atoms with Crippen LogP contribution < -0.4 is 5.32 Å². The van der Waals surface area contributed by atoms with Crippen molar-refractivity contribution in [2.24, 2.45) is 0 Å². The number of hydrogen-bond acceptors (Lipinski definition) is 4. The van der Waals surface area contributed by atoms with Gasteiger partial charge in [0.1, 0.15) is 6.54 Å². The van der Waals surface area contributed by atoms with Crippen LogP contribution in [0, 0.1) is 0 Å². The Hall–Kier alpha value is -1.14. The summed E-state index contributed by atoms with van der Waals surface area (Å²) >= 11 is 0. The van der Waals surface area contributed by atoms with Crippen molar-refractivity contribution < 1.29 is 19.8 Å². The van der Waals surface area contributed by atoms with E-state index in [2.05, 4.69) is 12.2 Å². The van der Waals surface area contributed by atoms with Gasteiger partial charge < -0.3 is 15.5 Å². The van der Waals surface area contributed by atoms with Gasteiger partial charge in [0.15, 0.2) is 0 Å². The summed E-state index contributed by atoms with van der Waals surface area (Å²) in [5.74, 6) is -1.12. The van der Waals surface area contributed by atoms with Crippen LogP contribution >= 0.6 is 0 Å². The molecule has 0 aliphatic rings. The number of aliphatic hydroxyl groups excluding tert-OH is 1. The van der Waals surface area contributed by atoms with Gasteiger partial charge in [-0.15, -0.1) is 0 Å². The fraction of sp³-hybridized carbons (Fsp3) is 0.875. The zero-order chi connectivity index (χ0) is 16.6. The molecule has 0 bridgehead atoms. The number of carbonyl (C=O) groups is 2. The molecule has 0 spiro atoms. The first-order chi connectivity index (χ1) is 10.6. The molecule has 0 fully saturated rings. The predicted octanol–water partition coefficient (Wildman–Crippen LogP) is 2.32. The van der Waals surface area contributed by atoms with E-state index in [4.69, 9.17) is 10.2 Å². The lowest BCUT2D eigenvalue weighted by molar-refractivity contribution is -0.140. The minimum atomic E-state index is -1.03. The zero-order valence-corrected chi connectivity index (χ0v) is 13.9.